The van der Waals surface area contributed by atoms with Crippen LogP contribution in [0.25, 0.3) is 0 Å². The van der Waals surface area contributed by atoms with Gasteiger partial charge in [-0.1, -0.05) is 11.2 Å². The zero-order valence-electron chi connectivity index (χ0n) is 15.2. The molecule has 0 atom stereocenters. The fraction of sp³-hybridized carbons (Fsp3) is 0.500. The fourth-order valence-electron chi connectivity index (χ4n) is 2.10. The minimum absolute atomic E-state index is 0.0736. The Balaban J connectivity index is 1.96. The number of methoxy groups -OCH3 is 1. The Kier molecular flexibility index (Phi) is 5.79. The molecular formula is C16H24N6O3. The van der Waals surface area contributed by atoms with E-state index in [0.29, 0.717) is 24.0 Å². The van der Waals surface area contributed by atoms with Crippen LogP contribution in [-0.4, -0.2) is 45.4 Å². The number of hydrogen-bond acceptors (Lipinski definition) is 7. The molecule has 0 fully saturated rings. The predicted octanol–water partition coefficient (Wildman–Crippen LogP) is 1.12. The van der Waals surface area contributed by atoms with E-state index in [9.17, 15) is 4.79 Å². The van der Waals surface area contributed by atoms with Crippen molar-refractivity contribution >= 4 is 11.9 Å². The van der Waals surface area contributed by atoms with E-state index in [0.717, 1.165) is 5.56 Å². The molecule has 0 spiro atoms. The number of carbonyl (C=O) groups excluding carboxylic acids is 1. The van der Waals surface area contributed by atoms with Gasteiger partial charge in [-0.25, -0.2) is 4.68 Å². The third kappa shape index (κ3) is 5.63. The van der Waals surface area contributed by atoms with Crippen LogP contribution in [-0.2, 0) is 18.4 Å². The maximum absolute atomic E-state index is 11.9. The van der Waals surface area contributed by atoms with Crippen LogP contribution in [0, 0.1) is 0 Å². The number of carbonyl (C=O) groups is 1. The number of nitrogens with zero attached hydrogens (tertiary/aromatic N) is 4. The summed E-state index contributed by atoms with van der Waals surface area (Å²) in [6, 6.07) is 5.50. The molecular weight excluding hydrogens is 324 g/mol. The van der Waals surface area contributed by atoms with Crippen LogP contribution in [0.4, 0.5) is 5.95 Å². The smallest absolute Gasteiger partial charge is 0.258 e. The van der Waals surface area contributed by atoms with Crippen LogP contribution in [0.1, 0.15) is 26.3 Å². The van der Waals surface area contributed by atoms with Gasteiger partial charge in [-0.05, 0) is 48.9 Å². The Morgan fingerprint density at radius 2 is 2.04 bits per heavy atom. The second-order valence-electron chi connectivity index (χ2n) is 6.55. The van der Waals surface area contributed by atoms with Gasteiger partial charge in [-0.2, -0.15) is 0 Å². The third-order valence-electron chi connectivity index (χ3n) is 3.17. The molecule has 136 valence electrons. The average Bonchev–Trinajstić information content (AvgIpc) is 2.94. The lowest BCUT2D eigenvalue weighted by molar-refractivity contribution is -0.124. The van der Waals surface area contributed by atoms with Crippen molar-refractivity contribution < 1.29 is 14.3 Å². The summed E-state index contributed by atoms with van der Waals surface area (Å²) >= 11 is 0. The van der Waals surface area contributed by atoms with E-state index in [-0.39, 0.29) is 18.1 Å². The molecule has 1 amide bonds. The second kappa shape index (κ2) is 7.82. The number of anilines is 1. The van der Waals surface area contributed by atoms with E-state index in [2.05, 4.69) is 26.2 Å². The van der Waals surface area contributed by atoms with E-state index in [4.69, 9.17) is 9.47 Å². The van der Waals surface area contributed by atoms with Crippen molar-refractivity contribution in [2.45, 2.75) is 32.9 Å². The highest BCUT2D eigenvalue weighted by Gasteiger charge is 2.15. The van der Waals surface area contributed by atoms with E-state index < -0.39 is 0 Å². The van der Waals surface area contributed by atoms with Crippen LogP contribution in [0.5, 0.6) is 11.5 Å². The molecule has 0 unspecified atom stereocenters. The Labute approximate surface area is 146 Å². The number of ether oxygens (including phenoxy) is 2. The van der Waals surface area contributed by atoms with Crippen LogP contribution >= 0.6 is 0 Å². The van der Waals surface area contributed by atoms with Crippen molar-refractivity contribution in [3.8, 4) is 11.5 Å². The van der Waals surface area contributed by atoms with Gasteiger partial charge in [0.25, 0.3) is 5.91 Å². The van der Waals surface area contributed by atoms with Crippen LogP contribution in [0.3, 0.4) is 0 Å². The number of aromatic nitrogens is 4. The molecule has 1 aromatic heterocycles. The molecule has 25 heavy (non-hydrogen) atoms. The monoisotopic (exact) mass is 348 g/mol. The lowest BCUT2D eigenvalue weighted by Crippen LogP contribution is -2.43. The molecule has 9 nitrogen and oxygen atoms in total. The average molecular weight is 348 g/mol. The minimum atomic E-state index is -0.297. The molecule has 0 aliphatic carbocycles. The van der Waals surface area contributed by atoms with Crippen molar-refractivity contribution in [3.05, 3.63) is 23.8 Å². The van der Waals surface area contributed by atoms with Crippen LogP contribution in [0.2, 0.25) is 0 Å². The first-order chi connectivity index (χ1) is 11.8. The highest BCUT2D eigenvalue weighted by Crippen LogP contribution is 2.28. The van der Waals surface area contributed by atoms with E-state index in [1.165, 1.54) is 0 Å². The number of nitrogens with one attached hydrogen (secondary N) is 2. The lowest BCUT2D eigenvalue weighted by Gasteiger charge is -2.20. The molecule has 2 rings (SSSR count). The first kappa shape index (κ1) is 18.5. The first-order valence-electron chi connectivity index (χ1n) is 7.85. The summed E-state index contributed by atoms with van der Waals surface area (Å²) in [5, 5.41) is 17.1. The van der Waals surface area contributed by atoms with Crippen molar-refractivity contribution in [2.75, 3.05) is 19.0 Å². The van der Waals surface area contributed by atoms with Gasteiger partial charge in [0.2, 0.25) is 5.95 Å². The summed E-state index contributed by atoms with van der Waals surface area (Å²) in [6.45, 7) is 6.20. The number of aryl methyl sites for hydroxylation is 1. The van der Waals surface area contributed by atoms with Crippen molar-refractivity contribution in [1.29, 1.82) is 0 Å². The number of rotatable bonds is 7. The van der Waals surface area contributed by atoms with Gasteiger partial charge < -0.3 is 20.1 Å². The molecule has 0 bridgehead atoms. The molecule has 1 aromatic carbocycles. The molecule has 0 aliphatic heterocycles. The van der Waals surface area contributed by atoms with Crippen molar-refractivity contribution in [2.24, 2.45) is 7.05 Å². The largest absolute Gasteiger partial charge is 0.493 e. The molecule has 2 N–H and O–H groups in total. The highest BCUT2D eigenvalue weighted by molar-refractivity contribution is 5.78. The topological polar surface area (TPSA) is 103 Å². The number of amides is 1. The standard InChI is InChI=1S/C16H24N6O3/c1-16(2,3)18-14(23)10-25-12-7-6-11(8-13(12)24-5)9-17-15-19-20-21-22(15)4/h6-8H,9-10H2,1-5H3,(H,18,23)(H,17,19,21). The zero-order valence-corrected chi connectivity index (χ0v) is 15.2. The molecule has 9 heteroatoms. The number of benzene rings is 1. The zero-order chi connectivity index (χ0) is 18.4. The third-order valence-corrected chi connectivity index (χ3v) is 3.17. The van der Waals surface area contributed by atoms with Crippen molar-refractivity contribution in [3.63, 3.8) is 0 Å². The maximum atomic E-state index is 11.9. The molecule has 1 heterocycles. The minimum Gasteiger partial charge on any atom is -0.493 e. The predicted molar refractivity (Wildman–Crippen MR) is 92.5 cm³/mol. The Hall–Kier alpha value is -2.84. The summed E-state index contributed by atoms with van der Waals surface area (Å²) in [7, 11) is 3.31. The quantitative estimate of drug-likeness (QED) is 0.773. The normalized spacial score (nSPS) is 11.1. The van der Waals surface area contributed by atoms with E-state index >= 15 is 0 Å². The molecule has 0 aliphatic rings. The van der Waals surface area contributed by atoms with E-state index in [1.54, 1.807) is 24.9 Å². The number of hydrogen-bond donors (Lipinski definition) is 2. The fourth-order valence-corrected chi connectivity index (χ4v) is 2.10. The van der Waals surface area contributed by atoms with Gasteiger partial charge in [0.1, 0.15) is 0 Å². The van der Waals surface area contributed by atoms with Crippen LogP contribution < -0.4 is 20.1 Å². The second-order valence-corrected chi connectivity index (χ2v) is 6.55. The van der Waals surface area contributed by atoms with Gasteiger partial charge >= 0.3 is 0 Å². The van der Waals surface area contributed by atoms with Gasteiger partial charge in [-0.15, -0.1) is 0 Å². The van der Waals surface area contributed by atoms with Gasteiger partial charge in [-0.3, -0.25) is 4.79 Å². The highest BCUT2D eigenvalue weighted by atomic mass is 16.5. The summed E-state index contributed by atoms with van der Waals surface area (Å²) in [4.78, 5) is 11.9. The SMILES string of the molecule is COc1cc(CNc2nnnn2C)ccc1OCC(=O)NC(C)(C)C. The van der Waals surface area contributed by atoms with Gasteiger partial charge in [0.15, 0.2) is 18.1 Å². The Bertz CT molecular complexity index is 723. The van der Waals surface area contributed by atoms with Gasteiger partial charge in [0.05, 0.1) is 7.11 Å². The molecule has 0 radical (unpaired) electrons. The summed E-state index contributed by atoms with van der Waals surface area (Å²) < 4.78 is 12.5. The maximum Gasteiger partial charge on any atom is 0.258 e. The molecule has 0 saturated heterocycles. The number of tetrazole rings is 1. The van der Waals surface area contributed by atoms with Crippen molar-refractivity contribution in [1.82, 2.24) is 25.5 Å². The van der Waals surface area contributed by atoms with Gasteiger partial charge in [0, 0.05) is 19.1 Å². The Morgan fingerprint density at radius 1 is 1.28 bits per heavy atom. The summed E-state index contributed by atoms with van der Waals surface area (Å²) in [5.74, 6) is 1.45. The first-order valence-corrected chi connectivity index (χ1v) is 7.85. The van der Waals surface area contributed by atoms with Crippen LogP contribution in [0.15, 0.2) is 18.2 Å². The molecule has 0 saturated carbocycles. The Morgan fingerprint density at radius 3 is 2.64 bits per heavy atom. The summed E-state index contributed by atoms with van der Waals surface area (Å²) in [5.41, 5.74) is 0.667. The van der Waals surface area contributed by atoms with E-state index in [1.807, 2.05) is 32.9 Å². The molecule has 2 aromatic rings. The summed E-state index contributed by atoms with van der Waals surface area (Å²) in [6.07, 6.45) is 0. The lowest BCUT2D eigenvalue weighted by atomic mass is 10.1.